The third kappa shape index (κ3) is 2.93. The van der Waals surface area contributed by atoms with Gasteiger partial charge in [-0.3, -0.25) is 4.79 Å². The average Bonchev–Trinajstić information content (AvgIpc) is 2.71. The van der Waals surface area contributed by atoms with Crippen LogP contribution in [-0.2, 0) is 11.3 Å². The van der Waals surface area contributed by atoms with Gasteiger partial charge in [-0.1, -0.05) is 48.5 Å². The molecule has 0 unspecified atom stereocenters. The first-order valence-corrected chi connectivity index (χ1v) is 9.23. The Morgan fingerprint density at radius 2 is 1.88 bits per heavy atom. The molecule has 0 fully saturated rings. The maximum Gasteiger partial charge on any atom is 0.237 e. The number of amides is 1. The summed E-state index contributed by atoms with van der Waals surface area (Å²) < 4.78 is 5.54. The summed E-state index contributed by atoms with van der Waals surface area (Å²) in [6, 6.07) is 20.8. The smallest absolute Gasteiger partial charge is 0.237 e. The van der Waals surface area contributed by atoms with Gasteiger partial charge in [-0.25, -0.2) is 0 Å². The predicted octanol–water partition coefficient (Wildman–Crippen LogP) is 4.56. The van der Waals surface area contributed by atoms with E-state index < -0.39 is 0 Å². The van der Waals surface area contributed by atoms with Crippen molar-refractivity contribution in [1.29, 1.82) is 0 Å². The maximum atomic E-state index is 12.3. The van der Waals surface area contributed by atoms with Gasteiger partial charge in [0.15, 0.2) is 0 Å². The van der Waals surface area contributed by atoms with Crippen molar-refractivity contribution in [3.8, 4) is 5.75 Å². The van der Waals surface area contributed by atoms with Gasteiger partial charge in [0.05, 0.1) is 7.11 Å². The van der Waals surface area contributed by atoms with Gasteiger partial charge < -0.3 is 9.64 Å². The van der Waals surface area contributed by atoms with Gasteiger partial charge in [0, 0.05) is 19.0 Å². The number of methoxy groups -OCH3 is 1. The van der Waals surface area contributed by atoms with Crippen molar-refractivity contribution in [3.05, 3.63) is 77.4 Å². The first-order chi connectivity index (χ1) is 12.7. The first-order valence-electron chi connectivity index (χ1n) is 8.69. The van der Waals surface area contributed by atoms with Crippen LogP contribution >= 0.6 is 11.6 Å². The van der Waals surface area contributed by atoms with Crippen LogP contribution in [-0.4, -0.2) is 30.3 Å². The van der Waals surface area contributed by atoms with Crippen molar-refractivity contribution >= 4 is 28.3 Å². The van der Waals surface area contributed by atoms with E-state index in [1.165, 1.54) is 22.1 Å². The van der Waals surface area contributed by atoms with E-state index in [9.17, 15) is 4.79 Å². The van der Waals surface area contributed by atoms with Gasteiger partial charge in [-0.15, -0.1) is 11.6 Å². The molecule has 0 saturated heterocycles. The summed E-state index contributed by atoms with van der Waals surface area (Å²) in [4.78, 5) is 14.2. The Morgan fingerprint density at radius 1 is 1.12 bits per heavy atom. The fourth-order valence-corrected chi connectivity index (χ4v) is 4.03. The van der Waals surface area contributed by atoms with Crippen LogP contribution in [0.5, 0.6) is 5.75 Å². The Kier molecular flexibility index (Phi) is 4.56. The van der Waals surface area contributed by atoms with Crippen LogP contribution in [0.25, 0.3) is 10.8 Å². The van der Waals surface area contributed by atoms with Crippen molar-refractivity contribution < 1.29 is 9.53 Å². The van der Waals surface area contributed by atoms with Crippen molar-refractivity contribution in [2.45, 2.75) is 12.5 Å². The van der Waals surface area contributed by atoms with Crippen LogP contribution in [0.3, 0.4) is 0 Å². The van der Waals surface area contributed by atoms with Crippen molar-refractivity contribution in [2.75, 3.05) is 19.5 Å². The third-order valence-corrected chi connectivity index (χ3v) is 5.37. The minimum atomic E-state index is -0.0293. The second-order valence-corrected chi connectivity index (χ2v) is 6.86. The van der Waals surface area contributed by atoms with Crippen LogP contribution < -0.4 is 4.74 Å². The highest BCUT2D eigenvalue weighted by Crippen LogP contribution is 2.38. The molecule has 0 N–H and O–H groups in total. The first kappa shape index (κ1) is 16.9. The van der Waals surface area contributed by atoms with Crippen molar-refractivity contribution in [1.82, 2.24) is 4.90 Å². The van der Waals surface area contributed by atoms with E-state index in [1.807, 2.05) is 17.0 Å². The summed E-state index contributed by atoms with van der Waals surface area (Å²) in [7, 11) is 1.69. The molecule has 0 bridgehead atoms. The molecule has 3 nitrogen and oxygen atoms in total. The minimum Gasteiger partial charge on any atom is -0.497 e. The second kappa shape index (κ2) is 7.00. The molecule has 0 aliphatic carbocycles. The van der Waals surface area contributed by atoms with E-state index in [1.54, 1.807) is 7.11 Å². The number of nitrogens with zero attached hydrogens (tertiary/aromatic N) is 1. The minimum absolute atomic E-state index is 0.00768. The standard InChI is InChI=1S/C22H20ClNO2/c1-26-17-10-15-6-2-4-8-18(15)20(11-17)21-14-24(22(25)12-23)13-16-7-3-5-9-19(16)21/h2-11,21H,12-14H2,1H3/t21-/m1/s1. The predicted molar refractivity (Wildman–Crippen MR) is 105 cm³/mol. The van der Waals surface area contributed by atoms with Crippen LogP contribution in [0.2, 0.25) is 0 Å². The Hall–Kier alpha value is -2.52. The molecule has 132 valence electrons. The van der Waals surface area contributed by atoms with Crippen LogP contribution in [0.4, 0.5) is 0 Å². The number of carbonyl (C=O) groups is 1. The molecule has 3 aromatic rings. The molecule has 3 aromatic carbocycles. The topological polar surface area (TPSA) is 29.5 Å². The Labute approximate surface area is 158 Å². The molecule has 1 amide bonds. The van der Waals surface area contributed by atoms with Crippen molar-refractivity contribution in [2.24, 2.45) is 0 Å². The van der Waals surface area contributed by atoms with E-state index in [0.29, 0.717) is 13.1 Å². The quantitative estimate of drug-likeness (QED) is 0.637. The molecule has 26 heavy (non-hydrogen) atoms. The zero-order valence-corrected chi connectivity index (χ0v) is 15.4. The summed E-state index contributed by atoms with van der Waals surface area (Å²) >= 11 is 5.84. The Morgan fingerprint density at radius 3 is 2.69 bits per heavy atom. The highest BCUT2D eigenvalue weighted by molar-refractivity contribution is 6.27. The Balaban J connectivity index is 1.91. The number of benzene rings is 3. The normalized spacial score (nSPS) is 16.4. The number of halogens is 1. The van der Waals surface area contributed by atoms with Crippen LogP contribution in [0, 0.1) is 0 Å². The van der Waals surface area contributed by atoms with Crippen LogP contribution in [0.1, 0.15) is 22.6 Å². The lowest BCUT2D eigenvalue weighted by atomic mass is 9.82. The molecule has 0 radical (unpaired) electrons. The summed E-state index contributed by atoms with van der Waals surface area (Å²) in [5, 5.41) is 2.33. The van der Waals surface area contributed by atoms with Gasteiger partial charge in [0.25, 0.3) is 0 Å². The molecule has 4 rings (SSSR count). The van der Waals surface area contributed by atoms with Gasteiger partial charge in [-0.2, -0.15) is 0 Å². The zero-order chi connectivity index (χ0) is 18.1. The number of rotatable bonds is 3. The van der Waals surface area contributed by atoms with Gasteiger partial charge in [-0.05, 0) is 39.6 Å². The summed E-state index contributed by atoms with van der Waals surface area (Å²) in [6.07, 6.45) is 0. The zero-order valence-electron chi connectivity index (χ0n) is 14.6. The SMILES string of the molecule is COc1cc([C@@H]2CN(C(=O)CCl)Cc3ccccc32)c2ccccc2c1. The van der Waals surface area contributed by atoms with Gasteiger partial charge in [0.2, 0.25) is 5.91 Å². The molecule has 0 aromatic heterocycles. The van der Waals surface area contributed by atoms with E-state index in [2.05, 4.69) is 48.5 Å². The van der Waals surface area contributed by atoms with Crippen molar-refractivity contribution in [3.63, 3.8) is 0 Å². The fourth-order valence-electron chi connectivity index (χ4n) is 3.87. The molecule has 0 saturated carbocycles. The van der Waals surface area contributed by atoms with Gasteiger partial charge in [0.1, 0.15) is 11.6 Å². The molecule has 4 heteroatoms. The third-order valence-electron chi connectivity index (χ3n) is 5.14. The summed E-state index contributed by atoms with van der Waals surface area (Å²) in [5.74, 6) is 0.899. The number of carbonyl (C=O) groups excluding carboxylic acids is 1. The molecular weight excluding hydrogens is 346 g/mol. The number of fused-ring (bicyclic) bond motifs is 2. The average molecular weight is 366 g/mol. The van der Waals surface area contributed by atoms with Crippen LogP contribution in [0.15, 0.2) is 60.7 Å². The van der Waals surface area contributed by atoms with E-state index in [-0.39, 0.29) is 17.7 Å². The molecule has 1 atom stereocenters. The fraction of sp³-hybridized carbons (Fsp3) is 0.227. The number of hydrogen-bond acceptors (Lipinski definition) is 2. The summed E-state index contributed by atoms with van der Waals surface area (Å²) in [6.45, 7) is 1.24. The Bertz CT molecular complexity index is 969. The monoisotopic (exact) mass is 365 g/mol. The highest BCUT2D eigenvalue weighted by Gasteiger charge is 2.29. The van der Waals surface area contributed by atoms with E-state index >= 15 is 0 Å². The lowest BCUT2D eigenvalue weighted by Gasteiger charge is -2.35. The largest absolute Gasteiger partial charge is 0.497 e. The number of alkyl halides is 1. The number of hydrogen-bond donors (Lipinski definition) is 0. The van der Waals surface area contributed by atoms with E-state index in [4.69, 9.17) is 16.3 Å². The summed E-state index contributed by atoms with van der Waals surface area (Å²) in [5.41, 5.74) is 3.62. The molecular formula is C22H20ClNO2. The number of ether oxygens (including phenoxy) is 1. The molecule has 1 heterocycles. The second-order valence-electron chi connectivity index (χ2n) is 6.60. The molecule has 1 aliphatic rings. The van der Waals surface area contributed by atoms with Gasteiger partial charge >= 0.3 is 0 Å². The molecule has 0 spiro atoms. The molecule has 1 aliphatic heterocycles. The van der Waals surface area contributed by atoms with E-state index in [0.717, 1.165) is 11.1 Å². The lowest BCUT2D eigenvalue weighted by Crippen LogP contribution is -2.39. The highest BCUT2D eigenvalue weighted by atomic mass is 35.5. The lowest BCUT2D eigenvalue weighted by molar-refractivity contribution is -0.129. The maximum absolute atomic E-state index is 12.3.